The van der Waals surface area contributed by atoms with E-state index in [2.05, 4.69) is 31.6 Å². The Balaban J connectivity index is 0.00000180. The first-order chi connectivity index (χ1) is 12.7. The van der Waals surface area contributed by atoms with Crippen LogP contribution in [0.15, 0.2) is 59.0 Å². The second-order valence-corrected chi connectivity index (χ2v) is 7.04. The Morgan fingerprint density at radius 2 is 1.81 bits per heavy atom. The third-order valence-corrected chi connectivity index (χ3v) is 4.96. The fourth-order valence-electron chi connectivity index (χ4n) is 2.84. The average molecular weight is 399 g/mol. The molecule has 136 valence electrons. The molecule has 0 fully saturated rings. The van der Waals surface area contributed by atoms with Gasteiger partial charge in [-0.2, -0.15) is 19.8 Å². The molecule has 0 unspecified atom stereocenters. The SMILES string of the molecule is Cl.Cn1cc(-c2ccc3nnc(Sc4ccc5nn(C)cc5c4)n3n2)cn1. The molecular formula is C17H15ClN8S. The van der Waals surface area contributed by atoms with Crippen LogP contribution in [0.4, 0.5) is 0 Å². The molecular weight excluding hydrogens is 384 g/mol. The normalized spacial score (nSPS) is 11.2. The first-order valence-corrected chi connectivity index (χ1v) is 8.80. The van der Waals surface area contributed by atoms with Gasteiger partial charge in [-0.25, -0.2) is 0 Å². The monoisotopic (exact) mass is 398 g/mol. The molecule has 1 aromatic carbocycles. The van der Waals surface area contributed by atoms with E-state index in [1.165, 1.54) is 11.8 Å². The van der Waals surface area contributed by atoms with Gasteiger partial charge in [0.25, 0.3) is 0 Å². The maximum absolute atomic E-state index is 4.68. The zero-order chi connectivity index (χ0) is 17.7. The highest BCUT2D eigenvalue weighted by Gasteiger charge is 2.12. The van der Waals surface area contributed by atoms with E-state index < -0.39 is 0 Å². The van der Waals surface area contributed by atoms with Crippen molar-refractivity contribution in [2.24, 2.45) is 14.1 Å². The van der Waals surface area contributed by atoms with Gasteiger partial charge in [-0.3, -0.25) is 9.36 Å². The third-order valence-electron chi connectivity index (χ3n) is 4.03. The minimum Gasteiger partial charge on any atom is -0.275 e. The van der Waals surface area contributed by atoms with E-state index in [-0.39, 0.29) is 12.4 Å². The van der Waals surface area contributed by atoms with Gasteiger partial charge in [0.2, 0.25) is 5.16 Å². The van der Waals surface area contributed by atoms with Gasteiger partial charge in [-0.05, 0) is 42.1 Å². The fraction of sp³-hybridized carbons (Fsp3) is 0.118. The van der Waals surface area contributed by atoms with Crippen molar-refractivity contribution in [2.45, 2.75) is 10.1 Å². The van der Waals surface area contributed by atoms with Gasteiger partial charge in [-0.1, -0.05) is 0 Å². The summed E-state index contributed by atoms with van der Waals surface area (Å²) in [6, 6.07) is 9.98. The van der Waals surface area contributed by atoms with Crippen LogP contribution in [-0.4, -0.2) is 39.4 Å². The highest BCUT2D eigenvalue weighted by atomic mass is 35.5. The van der Waals surface area contributed by atoms with Crippen LogP contribution in [0.5, 0.6) is 0 Å². The zero-order valence-corrected chi connectivity index (χ0v) is 16.1. The van der Waals surface area contributed by atoms with E-state index >= 15 is 0 Å². The Labute approximate surface area is 164 Å². The number of nitrogens with zero attached hydrogens (tertiary/aromatic N) is 8. The fourth-order valence-corrected chi connectivity index (χ4v) is 3.67. The van der Waals surface area contributed by atoms with Gasteiger partial charge in [-0.15, -0.1) is 22.6 Å². The minimum atomic E-state index is 0. The third kappa shape index (κ3) is 3.15. The smallest absolute Gasteiger partial charge is 0.217 e. The molecule has 0 amide bonds. The van der Waals surface area contributed by atoms with Gasteiger partial charge < -0.3 is 0 Å². The van der Waals surface area contributed by atoms with Crippen LogP contribution in [0.3, 0.4) is 0 Å². The number of benzene rings is 1. The Morgan fingerprint density at radius 1 is 0.926 bits per heavy atom. The van der Waals surface area contributed by atoms with Gasteiger partial charge in [0, 0.05) is 42.3 Å². The summed E-state index contributed by atoms with van der Waals surface area (Å²) < 4.78 is 5.33. The maximum Gasteiger partial charge on any atom is 0.217 e. The molecule has 0 saturated heterocycles. The first kappa shape index (κ1) is 17.5. The van der Waals surface area contributed by atoms with Gasteiger partial charge in [0.1, 0.15) is 0 Å². The minimum absolute atomic E-state index is 0. The molecule has 0 aliphatic rings. The van der Waals surface area contributed by atoms with Crippen molar-refractivity contribution < 1.29 is 0 Å². The van der Waals surface area contributed by atoms with E-state index in [0.29, 0.717) is 10.8 Å². The molecule has 0 atom stereocenters. The molecule has 27 heavy (non-hydrogen) atoms. The average Bonchev–Trinajstić information content (AvgIpc) is 3.32. The van der Waals surface area contributed by atoms with Crippen LogP contribution in [0.25, 0.3) is 27.8 Å². The van der Waals surface area contributed by atoms with Gasteiger partial charge >= 0.3 is 0 Å². The van der Waals surface area contributed by atoms with Crippen molar-refractivity contribution >= 4 is 40.7 Å². The van der Waals surface area contributed by atoms with E-state index in [1.54, 1.807) is 15.4 Å². The molecule has 5 rings (SSSR count). The van der Waals surface area contributed by atoms with E-state index in [0.717, 1.165) is 27.1 Å². The molecule has 0 saturated carbocycles. The number of aromatic nitrogens is 8. The highest BCUT2D eigenvalue weighted by Crippen LogP contribution is 2.29. The molecule has 0 bridgehead atoms. The number of halogens is 1. The predicted molar refractivity (Wildman–Crippen MR) is 105 cm³/mol. The maximum atomic E-state index is 4.68. The van der Waals surface area contributed by atoms with Crippen molar-refractivity contribution in [1.82, 2.24) is 39.4 Å². The molecule has 0 aliphatic heterocycles. The first-order valence-electron chi connectivity index (χ1n) is 7.98. The Kier molecular flexibility index (Phi) is 4.33. The Bertz CT molecular complexity index is 1250. The standard InChI is InChI=1S/C17H14N8S.ClH/c1-23-10-12(8-18-23)15-5-6-16-19-20-17(25(16)22-15)26-13-3-4-14-11(7-13)9-24(2)21-14;/h3-10H,1-2H3;1H. The molecule has 4 aromatic heterocycles. The summed E-state index contributed by atoms with van der Waals surface area (Å²) in [4.78, 5) is 1.06. The van der Waals surface area contributed by atoms with Crippen molar-refractivity contribution in [3.8, 4) is 11.3 Å². The number of hydrogen-bond acceptors (Lipinski definition) is 6. The second-order valence-electron chi connectivity index (χ2n) is 6.00. The predicted octanol–water partition coefficient (Wildman–Crippen LogP) is 2.98. The van der Waals surface area contributed by atoms with Crippen LogP contribution < -0.4 is 0 Å². The number of hydrogen-bond donors (Lipinski definition) is 0. The van der Waals surface area contributed by atoms with Crippen molar-refractivity contribution in [3.63, 3.8) is 0 Å². The lowest BCUT2D eigenvalue weighted by Crippen LogP contribution is -1.95. The number of rotatable bonds is 3. The second kappa shape index (κ2) is 6.67. The zero-order valence-electron chi connectivity index (χ0n) is 14.5. The van der Waals surface area contributed by atoms with Crippen LogP contribution in [0, 0.1) is 0 Å². The van der Waals surface area contributed by atoms with Gasteiger partial charge in [0.15, 0.2) is 5.65 Å². The lowest BCUT2D eigenvalue weighted by molar-refractivity contribution is 0.767. The van der Waals surface area contributed by atoms with Crippen LogP contribution in [0.1, 0.15) is 0 Å². The summed E-state index contributed by atoms with van der Waals surface area (Å²) in [5, 5.41) is 23.6. The Hall–Kier alpha value is -2.91. The van der Waals surface area contributed by atoms with E-state index in [1.807, 2.05) is 55.4 Å². The summed E-state index contributed by atoms with van der Waals surface area (Å²) >= 11 is 1.53. The van der Waals surface area contributed by atoms with E-state index in [9.17, 15) is 0 Å². The molecule has 0 N–H and O–H groups in total. The van der Waals surface area contributed by atoms with Gasteiger partial charge in [0.05, 0.1) is 17.4 Å². The molecule has 0 spiro atoms. The van der Waals surface area contributed by atoms with Crippen molar-refractivity contribution in [2.75, 3.05) is 0 Å². The summed E-state index contributed by atoms with van der Waals surface area (Å²) in [6.45, 7) is 0. The molecule has 5 aromatic rings. The lowest BCUT2D eigenvalue weighted by atomic mass is 10.2. The lowest BCUT2D eigenvalue weighted by Gasteiger charge is -2.01. The molecule has 4 heterocycles. The summed E-state index contributed by atoms with van der Waals surface area (Å²) in [5.74, 6) is 0. The summed E-state index contributed by atoms with van der Waals surface area (Å²) in [6.07, 6.45) is 5.73. The molecule has 0 aliphatic carbocycles. The van der Waals surface area contributed by atoms with Crippen molar-refractivity contribution in [3.05, 3.63) is 48.9 Å². The Morgan fingerprint density at radius 3 is 2.63 bits per heavy atom. The number of fused-ring (bicyclic) bond motifs is 2. The largest absolute Gasteiger partial charge is 0.275 e. The van der Waals surface area contributed by atoms with Crippen LogP contribution in [-0.2, 0) is 14.1 Å². The molecule has 10 heteroatoms. The van der Waals surface area contributed by atoms with Crippen molar-refractivity contribution in [1.29, 1.82) is 0 Å². The highest BCUT2D eigenvalue weighted by molar-refractivity contribution is 7.99. The van der Waals surface area contributed by atoms with Crippen LogP contribution in [0.2, 0.25) is 0 Å². The molecule has 8 nitrogen and oxygen atoms in total. The summed E-state index contributed by atoms with van der Waals surface area (Å²) in [5.41, 5.74) is 3.47. The summed E-state index contributed by atoms with van der Waals surface area (Å²) in [7, 11) is 3.80. The quantitative estimate of drug-likeness (QED) is 0.465. The molecule has 0 radical (unpaired) electrons. The van der Waals surface area contributed by atoms with Crippen LogP contribution >= 0.6 is 24.2 Å². The topological polar surface area (TPSA) is 78.7 Å². The van der Waals surface area contributed by atoms with E-state index in [4.69, 9.17) is 0 Å². The number of aryl methyl sites for hydroxylation is 2.